The molecule has 0 bridgehead atoms. The van der Waals surface area contributed by atoms with Crippen LogP contribution < -0.4 is 0 Å². The van der Waals surface area contributed by atoms with Crippen LogP contribution in [0.15, 0.2) is 0 Å². The minimum absolute atomic E-state index is 0.157. The van der Waals surface area contributed by atoms with Gasteiger partial charge < -0.3 is 18.9 Å². The summed E-state index contributed by atoms with van der Waals surface area (Å²) in [6, 6.07) is 0. The van der Waals surface area contributed by atoms with E-state index in [-0.39, 0.29) is 12.2 Å². The van der Waals surface area contributed by atoms with Gasteiger partial charge in [0, 0.05) is 0 Å². The number of unbranched alkanes of at least 4 members (excludes halogenated alkanes) is 6. The highest BCUT2D eigenvalue weighted by atomic mass is 16.7. The first-order valence-electron chi connectivity index (χ1n) is 12.5. The van der Waals surface area contributed by atoms with E-state index in [4.69, 9.17) is 18.9 Å². The van der Waals surface area contributed by atoms with Crippen molar-refractivity contribution in [2.45, 2.75) is 123 Å². The molecule has 0 amide bonds. The summed E-state index contributed by atoms with van der Waals surface area (Å²) in [6.45, 7) is 9.53. The largest absolute Gasteiger partial charge is 0.508 e. The molecule has 0 heterocycles. The van der Waals surface area contributed by atoms with Crippen LogP contribution in [0.1, 0.15) is 111 Å². The van der Waals surface area contributed by atoms with Crippen molar-refractivity contribution < 1.29 is 28.5 Å². The van der Waals surface area contributed by atoms with Crippen LogP contribution in [0.3, 0.4) is 0 Å². The Hall–Kier alpha value is -1.46. The Morgan fingerprint density at radius 1 is 0.613 bits per heavy atom. The Balaban J connectivity index is 1.96. The van der Waals surface area contributed by atoms with E-state index < -0.39 is 12.3 Å². The average Bonchev–Trinajstić information content (AvgIpc) is 2.70. The molecule has 0 atom stereocenters. The molecule has 0 aromatic heterocycles. The van der Waals surface area contributed by atoms with Gasteiger partial charge in [0.2, 0.25) is 0 Å². The lowest BCUT2D eigenvalue weighted by Gasteiger charge is -2.27. The molecule has 1 saturated carbocycles. The molecule has 1 aliphatic carbocycles. The number of hydrogen-bond acceptors (Lipinski definition) is 6. The molecule has 1 aliphatic rings. The number of rotatable bonds is 15. The number of hydrogen-bond donors (Lipinski definition) is 0. The molecule has 6 heteroatoms. The zero-order chi connectivity index (χ0) is 22.9. The highest BCUT2D eigenvalue weighted by Gasteiger charge is 2.27. The molecular weight excluding hydrogens is 396 g/mol. The second-order valence-electron chi connectivity index (χ2n) is 9.67. The molecule has 0 spiro atoms. The highest BCUT2D eigenvalue weighted by molar-refractivity contribution is 5.60. The van der Waals surface area contributed by atoms with Gasteiger partial charge in [-0.15, -0.1) is 0 Å². The first-order chi connectivity index (χ1) is 14.9. The van der Waals surface area contributed by atoms with Crippen LogP contribution in [0.25, 0.3) is 0 Å². The van der Waals surface area contributed by atoms with Crippen molar-refractivity contribution >= 4 is 12.3 Å². The number of ether oxygens (including phenoxy) is 4. The van der Waals surface area contributed by atoms with Crippen LogP contribution in [0, 0.1) is 11.8 Å². The van der Waals surface area contributed by atoms with Gasteiger partial charge in [-0.1, -0.05) is 72.6 Å². The van der Waals surface area contributed by atoms with Crippen LogP contribution in [-0.4, -0.2) is 37.7 Å². The van der Waals surface area contributed by atoms with E-state index in [2.05, 4.69) is 27.7 Å². The van der Waals surface area contributed by atoms with E-state index >= 15 is 0 Å². The van der Waals surface area contributed by atoms with Crippen molar-refractivity contribution in [3.8, 4) is 0 Å². The van der Waals surface area contributed by atoms with Gasteiger partial charge in [0.15, 0.2) is 0 Å². The summed E-state index contributed by atoms with van der Waals surface area (Å²) in [5.74, 6) is 1.30. The summed E-state index contributed by atoms with van der Waals surface area (Å²) in [4.78, 5) is 23.5. The van der Waals surface area contributed by atoms with E-state index in [0.29, 0.717) is 44.8 Å². The molecule has 0 saturated heterocycles. The van der Waals surface area contributed by atoms with Crippen LogP contribution in [0.5, 0.6) is 0 Å². The molecule has 6 nitrogen and oxygen atoms in total. The normalized spacial score (nSPS) is 18.8. The Kier molecular flexibility index (Phi) is 15.2. The number of carbonyl (C=O) groups is 2. The predicted molar refractivity (Wildman–Crippen MR) is 122 cm³/mol. The summed E-state index contributed by atoms with van der Waals surface area (Å²) in [7, 11) is 0. The van der Waals surface area contributed by atoms with Crippen molar-refractivity contribution in [3.05, 3.63) is 0 Å². The lowest BCUT2D eigenvalue weighted by molar-refractivity contribution is -0.0274. The van der Waals surface area contributed by atoms with E-state index in [1.807, 2.05) is 0 Å². The molecule has 0 aliphatic heterocycles. The second-order valence-corrected chi connectivity index (χ2v) is 9.67. The predicted octanol–water partition coefficient (Wildman–Crippen LogP) is 7.43. The van der Waals surface area contributed by atoms with Gasteiger partial charge in [-0.2, -0.15) is 0 Å². The minimum Gasteiger partial charge on any atom is -0.434 e. The molecule has 0 radical (unpaired) electrons. The third-order valence-corrected chi connectivity index (χ3v) is 5.71. The Morgan fingerprint density at radius 3 is 1.52 bits per heavy atom. The van der Waals surface area contributed by atoms with Crippen LogP contribution in [0.2, 0.25) is 0 Å². The van der Waals surface area contributed by atoms with Gasteiger partial charge in [0.1, 0.15) is 12.2 Å². The lowest BCUT2D eigenvalue weighted by atomic mass is 9.95. The lowest BCUT2D eigenvalue weighted by Crippen LogP contribution is -2.30. The third-order valence-electron chi connectivity index (χ3n) is 5.71. The molecule has 0 aromatic rings. The van der Waals surface area contributed by atoms with Crippen molar-refractivity contribution in [2.75, 3.05) is 13.2 Å². The SMILES string of the molecule is CC(C)CCCCCCCCCOC(=O)OC1CCC(OC(=O)OCCC(C)C)CC1. The maximum atomic E-state index is 11.9. The van der Waals surface area contributed by atoms with Crippen LogP contribution in [-0.2, 0) is 18.9 Å². The van der Waals surface area contributed by atoms with E-state index in [9.17, 15) is 9.59 Å². The Labute approximate surface area is 189 Å². The fourth-order valence-electron chi connectivity index (χ4n) is 3.68. The van der Waals surface area contributed by atoms with Gasteiger partial charge in [0.05, 0.1) is 13.2 Å². The first kappa shape index (κ1) is 27.6. The fraction of sp³-hybridized carbons (Fsp3) is 0.920. The average molecular weight is 443 g/mol. The molecule has 31 heavy (non-hydrogen) atoms. The maximum Gasteiger partial charge on any atom is 0.508 e. The van der Waals surface area contributed by atoms with Gasteiger partial charge in [0.25, 0.3) is 0 Å². The van der Waals surface area contributed by atoms with Gasteiger partial charge >= 0.3 is 12.3 Å². The second kappa shape index (κ2) is 17.1. The third kappa shape index (κ3) is 15.9. The molecular formula is C25H46O6. The standard InChI is InChI=1S/C25H46O6/c1-20(2)12-10-8-6-5-7-9-11-18-28-24(26)30-22-13-15-23(16-14-22)31-25(27)29-19-17-21(3)4/h20-23H,5-19H2,1-4H3. The van der Waals surface area contributed by atoms with Gasteiger partial charge in [-0.25, -0.2) is 9.59 Å². The smallest absolute Gasteiger partial charge is 0.434 e. The molecule has 1 fully saturated rings. The summed E-state index contributed by atoms with van der Waals surface area (Å²) < 4.78 is 21.0. The molecule has 182 valence electrons. The van der Waals surface area contributed by atoms with Crippen molar-refractivity contribution in [3.63, 3.8) is 0 Å². The molecule has 0 N–H and O–H groups in total. The van der Waals surface area contributed by atoms with Crippen LogP contribution >= 0.6 is 0 Å². The summed E-state index contributed by atoms with van der Waals surface area (Å²) in [5, 5.41) is 0. The van der Waals surface area contributed by atoms with Crippen LogP contribution in [0.4, 0.5) is 9.59 Å². The van der Waals surface area contributed by atoms with Crippen molar-refractivity contribution in [1.29, 1.82) is 0 Å². The fourth-order valence-corrected chi connectivity index (χ4v) is 3.68. The Morgan fingerprint density at radius 2 is 1.03 bits per heavy atom. The van der Waals surface area contributed by atoms with E-state index in [1.165, 1.54) is 38.5 Å². The van der Waals surface area contributed by atoms with Gasteiger partial charge in [-0.05, 0) is 50.4 Å². The maximum absolute atomic E-state index is 11.9. The van der Waals surface area contributed by atoms with Gasteiger partial charge in [-0.3, -0.25) is 0 Å². The summed E-state index contributed by atoms with van der Waals surface area (Å²) in [6.07, 6.45) is 11.8. The monoisotopic (exact) mass is 442 g/mol. The topological polar surface area (TPSA) is 71.1 Å². The Bertz CT molecular complexity index is 469. The quantitative estimate of drug-likeness (QED) is 0.194. The molecule has 0 aromatic carbocycles. The molecule has 1 rings (SSSR count). The highest BCUT2D eigenvalue weighted by Crippen LogP contribution is 2.24. The zero-order valence-corrected chi connectivity index (χ0v) is 20.4. The zero-order valence-electron chi connectivity index (χ0n) is 20.4. The summed E-state index contributed by atoms with van der Waals surface area (Å²) >= 11 is 0. The minimum atomic E-state index is -0.597. The molecule has 0 unspecified atom stereocenters. The first-order valence-corrected chi connectivity index (χ1v) is 12.5. The van der Waals surface area contributed by atoms with E-state index in [0.717, 1.165) is 25.2 Å². The summed E-state index contributed by atoms with van der Waals surface area (Å²) in [5.41, 5.74) is 0. The van der Waals surface area contributed by atoms with Crippen molar-refractivity contribution in [1.82, 2.24) is 0 Å². The number of carbonyl (C=O) groups excluding carboxylic acids is 2. The van der Waals surface area contributed by atoms with Crippen molar-refractivity contribution in [2.24, 2.45) is 11.8 Å². The van der Waals surface area contributed by atoms with E-state index in [1.54, 1.807) is 0 Å².